The summed E-state index contributed by atoms with van der Waals surface area (Å²) in [5.41, 5.74) is 6.77. The Kier molecular flexibility index (Phi) is 5.59. The van der Waals surface area contributed by atoms with Crippen LogP contribution in [0.1, 0.15) is 28.4 Å². The molecule has 1 aromatic heterocycles. The van der Waals surface area contributed by atoms with Crippen molar-refractivity contribution in [1.29, 1.82) is 0 Å². The molecule has 3 aliphatic rings. The van der Waals surface area contributed by atoms with Crippen LogP contribution in [-0.4, -0.2) is 60.0 Å². The normalized spacial score (nSPS) is 18.5. The Labute approximate surface area is 210 Å². The Bertz CT molecular complexity index is 1510. The lowest BCUT2D eigenvalue weighted by molar-refractivity contribution is -0.128. The van der Waals surface area contributed by atoms with Crippen molar-refractivity contribution in [1.82, 2.24) is 19.5 Å². The molecule has 1 amide bonds. The van der Waals surface area contributed by atoms with Crippen molar-refractivity contribution in [3.63, 3.8) is 0 Å². The van der Waals surface area contributed by atoms with Gasteiger partial charge in [-0.2, -0.15) is 0 Å². The summed E-state index contributed by atoms with van der Waals surface area (Å²) in [7, 11) is 3.92. The molecule has 4 heterocycles. The molecule has 0 aliphatic carbocycles. The second-order valence-corrected chi connectivity index (χ2v) is 9.58. The largest absolute Gasteiger partial charge is 0.493 e. The molecule has 6 rings (SSSR count). The summed E-state index contributed by atoms with van der Waals surface area (Å²) in [6.45, 7) is 1.37. The number of para-hydroxylation sites is 1. The smallest absolute Gasteiger partial charge is 0.369 e. The lowest BCUT2D eigenvalue weighted by Gasteiger charge is -2.36. The summed E-state index contributed by atoms with van der Waals surface area (Å²) in [4.78, 5) is 21.2. The van der Waals surface area contributed by atoms with Crippen LogP contribution in [0, 0.1) is 0 Å². The molecule has 0 saturated carbocycles. The standard InChI is InChI=1S/C30H28N4O2/c1-33(2)27-11-7-20(13-16-31-27)8-12-28(35)34-17-14-24-23-5-3-4-6-25(23)32-29(24)30(34)22-9-10-26-21(19-22)15-18-36-26/h3-13,16,19,30H,14-15,17-18H2,1-2H3/p+1/t30-/m1/s1. The molecule has 6 heteroatoms. The van der Waals surface area contributed by atoms with E-state index in [-0.39, 0.29) is 11.9 Å². The number of hydrogen-bond acceptors (Lipinski definition) is 3. The van der Waals surface area contributed by atoms with Gasteiger partial charge >= 0.3 is 5.84 Å². The molecule has 0 bridgehead atoms. The van der Waals surface area contributed by atoms with Gasteiger partial charge in [-0.3, -0.25) is 9.69 Å². The highest BCUT2D eigenvalue weighted by molar-refractivity contribution is 5.97. The number of rotatable bonds is 3. The minimum Gasteiger partial charge on any atom is -0.493 e. The van der Waals surface area contributed by atoms with Gasteiger partial charge in [-0.25, -0.2) is 4.67 Å². The van der Waals surface area contributed by atoms with Gasteiger partial charge in [0.25, 0.3) is 0 Å². The van der Waals surface area contributed by atoms with E-state index in [1.165, 1.54) is 16.5 Å². The van der Waals surface area contributed by atoms with Crippen LogP contribution in [0.15, 0.2) is 78.4 Å². The number of carbonyl (C=O) groups excluding carboxylic acids is 1. The zero-order chi connectivity index (χ0) is 24.6. The van der Waals surface area contributed by atoms with E-state index in [2.05, 4.69) is 40.0 Å². The molecule has 3 aliphatic heterocycles. The maximum atomic E-state index is 13.6. The highest BCUT2D eigenvalue weighted by atomic mass is 16.5. The quantitative estimate of drug-likeness (QED) is 0.462. The van der Waals surface area contributed by atoms with E-state index >= 15 is 0 Å². The molecule has 0 saturated heterocycles. The molecule has 1 N–H and O–H groups in total. The number of nitrogens with one attached hydrogen (secondary N) is 1. The lowest BCUT2D eigenvalue weighted by atomic mass is 9.91. The van der Waals surface area contributed by atoms with Gasteiger partial charge in [-0.1, -0.05) is 24.3 Å². The molecule has 0 spiro atoms. The van der Waals surface area contributed by atoms with Crippen molar-refractivity contribution < 1.29 is 9.53 Å². The van der Waals surface area contributed by atoms with Crippen molar-refractivity contribution in [3.05, 3.63) is 101 Å². The van der Waals surface area contributed by atoms with Gasteiger partial charge in [0.1, 0.15) is 5.75 Å². The van der Waals surface area contributed by atoms with Crippen LogP contribution >= 0.6 is 0 Å². The van der Waals surface area contributed by atoms with Gasteiger partial charge in [-0.05, 0) is 59.0 Å². The van der Waals surface area contributed by atoms with E-state index in [1.54, 1.807) is 12.3 Å². The Morgan fingerprint density at radius 2 is 2.06 bits per heavy atom. The second-order valence-electron chi connectivity index (χ2n) is 9.58. The van der Waals surface area contributed by atoms with E-state index < -0.39 is 0 Å². The zero-order valence-corrected chi connectivity index (χ0v) is 20.6. The number of likely N-dealkylation sites (N-methyl/N-ethyl adjacent to an activating group) is 1. The number of fused-ring (bicyclic) bond motifs is 4. The molecule has 3 aromatic rings. The fourth-order valence-corrected chi connectivity index (χ4v) is 5.31. The first-order chi connectivity index (χ1) is 17.6. The predicted octanol–water partition coefficient (Wildman–Crippen LogP) is 3.73. The number of H-pyrrole nitrogens is 1. The van der Waals surface area contributed by atoms with Gasteiger partial charge in [0.15, 0.2) is 6.21 Å². The number of amidine groups is 1. The molecular weight excluding hydrogens is 448 g/mol. The van der Waals surface area contributed by atoms with Crippen LogP contribution in [0.25, 0.3) is 10.9 Å². The number of nitrogens with zero attached hydrogens (tertiary/aromatic N) is 3. The maximum Gasteiger partial charge on any atom is 0.369 e. The van der Waals surface area contributed by atoms with Gasteiger partial charge in [0.2, 0.25) is 5.91 Å². The third-order valence-corrected chi connectivity index (χ3v) is 7.12. The summed E-state index contributed by atoms with van der Waals surface area (Å²) in [5.74, 6) is 1.81. The van der Waals surface area contributed by atoms with Crippen LogP contribution in [0.2, 0.25) is 0 Å². The third-order valence-electron chi connectivity index (χ3n) is 7.12. The van der Waals surface area contributed by atoms with E-state index in [0.717, 1.165) is 46.8 Å². The summed E-state index contributed by atoms with van der Waals surface area (Å²) in [6.07, 6.45) is 12.9. The molecule has 0 fully saturated rings. The molecule has 0 radical (unpaired) electrons. The first kappa shape index (κ1) is 22.2. The average Bonchev–Trinajstić information content (AvgIpc) is 3.43. The Balaban J connectivity index is 1.35. The van der Waals surface area contributed by atoms with Gasteiger partial charge in [-0.15, -0.1) is 0 Å². The fourth-order valence-electron chi connectivity index (χ4n) is 5.31. The van der Waals surface area contributed by atoms with Crippen molar-refractivity contribution in [3.8, 4) is 5.75 Å². The Hall–Kier alpha value is -4.28. The summed E-state index contributed by atoms with van der Waals surface area (Å²) >= 11 is 0. The lowest BCUT2D eigenvalue weighted by Crippen LogP contribution is -2.39. The third kappa shape index (κ3) is 3.96. The number of aromatic nitrogens is 1. The summed E-state index contributed by atoms with van der Waals surface area (Å²) in [6, 6.07) is 14.6. The molecular formula is C30H29N4O2+. The summed E-state index contributed by atoms with van der Waals surface area (Å²) < 4.78 is 10.2. The van der Waals surface area contributed by atoms with E-state index in [9.17, 15) is 4.79 Å². The first-order valence-electron chi connectivity index (χ1n) is 12.4. The second kappa shape index (κ2) is 9.06. The SMILES string of the molecule is CN(C)C1=[N+]=CC=C(/C=C/C(=O)N2CCc3c([nH]c4ccccc34)[C@H]2c2ccc3c(c2)CCO3)C=C1. The molecule has 2 aromatic carbocycles. The van der Waals surface area contributed by atoms with Crippen molar-refractivity contribution in [2.24, 2.45) is 0 Å². The number of benzene rings is 2. The zero-order valence-electron chi connectivity index (χ0n) is 20.6. The van der Waals surface area contributed by atoms with E-state index in [1.807, 2.05) is 60.3 Å². The molecule has 180 valence electrons. The van der Waals surface area contributed by atoms with Crippen molar-refractivity contribution in [2.45, 2.75) is 18.9 Å². The Morgan fingerprint density at radius 1 is 1.17 bits per heavy atom. The number of allylic oxidation sites excluding steroid dienone is 4. The van der Waals surface area contributed by atoms with Crippen LogP contribution in [0.5, 0.6) is 5.75 Å². The minimum absolute atomic E-state index is 0.00615. The van der Waals surface area contributed by atoms with E-state index in [4.69, 9.17) is 4.74 Å². The minimum atomic E-state index is -0.182. The van der Waals surface area contributed by atoms with E-state index in [0.29, 0.717) is 13.2 Å². The average molecular weight is 478 g/mol. The molecule has 6 nitrogen and oxygen atoms in total. The summed E-state index contributed by atoms with van der Waals surface area (Å²) in [5, 5.41) is 1.24. The topological polar surface area (TPSA) is 62.7 Å². The first-order valence-corrected chi connectivity index (χ1v) is 12.4. The van der Waals surface area contributed by atoms with Crippen LogP contribution in [0.3, 0.4) is 0 Å². The van der Waals surface area contributed by atoms with Gasteiger partial charge < -0.3 is 14.6 Å². The highest BCUT2D eigenvalue weighted by Gasteiger charge is 2.34. The van der Waals surface area contributed by atoms with Gasteiger partial charge in [0.05, 0.1) is 26.7 Å². The fraction of sp³-hybridized carbons (Fsp3) is 0.233. The monoisotopic (exact) mass is 477 g/mol. The maximum absolute atomic E-state index is 13.6. The number of carbonyl (C=O) groups is 1. The van der Waals surface area contributed by atoms with Gasteiger partial charge in [0, 0.05) is 47.8 Å². The van der Waals surface area contributed by atoms with Crippen LogP contribution in [-0.2, 0) is 17.6 Å². The highest BCUT2D eigenvalue weighted by Crippen LogP contribution is 2.40. The number of ether oxygens (including phenoxy) is 1. The van der Waals surface area contributed by atoms with Crippen molar-refractivity contribution in [2.75, 3.05) is 27.2 Å². The molecule has 36 heavy (non-hydrogen) atoms. The van der Waals surface area contributed by atoms with Crippen molar-refractivity contribution >= 4 is 28.9 Å². The molecule has 1 atom stereocenters. The predicted molar refractivity (Wildman–Crippen MR) is 144 cm³/mol. The van der Waals surface area contributed by atoms with Crippen LogP contribution < -0.4 is 9.40 Å². The number of amides is 1. The number of hydrogen-bond donors (Lipinski definition) is 1. The number of aromatic amines is 1. The van der Waals surface area contributed by atoms with Crippen LogP contribution in [0.4, 0.5) is 0 Å². The molecule has 0 unspecified atom stereocenters. The Morgan fingerprint density at radius 3 is 2.94 bits per heavy atom.